The quantitative estimate of drug-likeness (QED) is 0.748. The standard InChI is InChI=1S/C16H25ClN4O4/c1-5-9-12(17)20-13(18-9)14(23)19-10-6-7-21(8-11(10)22)15(24)25-16(2,3)4/h10-11,22H,5-8H2,1-4H3,(H,18,20)(H,19,23). The maximum atomic E-state index is 12.3. The molecule has 0 aliphatic carbocycles. The second-order valence-electron chi connectivity index (χ2n) is 7.07. The van der Waals surface area contributed by atoms with Gasteiger partial charge in [-0.1, -0.05) is 18.5 Å². The molecule has 2 unspecified atom stereocenters. The number of aromatic amines is 1. The van der Waals surface area contributed by atoms with Gasteiger partial charge in [0.2, 0.25) is 0 Å². The Kier molecular flexibility index (Phi) is 5.95. The zero-order valence-corrected chi connectivity index (χ0v) is 15.7. The smallest absolute Gasteiger partial charge is 0.410 e. The molecule has 0 spiro atoms. The minimum absolute atomic E-state index is 0.0962. The number of hydrogen-bond acceptors (Lipinski definition) is 5. The Morgan fingerprint density at radius 1 is 1.48 bits per heavy atom. The van der Waals surface area contributed by atoms with Crippen LogP contribution in [0.15, 0.2) is 0 Å². The Labute approximate surface area is 151 Å². The van der Waals surface area contributed by atoms with Crippen molar-refractivity contribution in [2.24, 2.45) is 0 Å². The van der Waals surface area contributed by atoms with Crippen molar-refractivity contribution < 1.29 is 19.4 Å². The number of imidazole rings is 1. The highest BCUT2D eigenvalue weighted by molar-refractivity contribution is 6.30. The van der Waals surface area contributed by atoms with E-state index >= 15 is 0 Å². The second kappa shape index (κ2) is 7.61. The highest BCUT2D eigenvalue weighted by Crippen LogP contribution is 2.17. The van der Waals surface area contributed by atoms with Crippen LogP contribution in [0.3, 0.4) is 0 Å². The van der Waals surface area contributed by atoms with Gasteiger partial charge in [0.15, 0.2) is 11.0 Å². The first-order chi connectivity index (χ1) is 11.6. The minimum Gasteiger partial charge on any atom is -0.444 e. The largest absolute Gasteiger partial charge is 0.444 e. The third-order valence-corrected chi connectivity index (χ3v) is 4.16. The third-order valence-electron chi connectivity index (χ3n) is 3.85. The summed E-state index contributed by atoms with van der Waals surface area (Å²) >= 11 is 5.94. The molecule has 2 heterocycles. The molecule has 1 aliphatic heterocycles. The Balaban J connectivity index is 1.92. The number of halogens is 1. The molecule has 0 radical (unpaired) electrons. The Hall–Kier alpha value is -1.80. The van der Waals surface area contributed by atoms with Crippen molar-refractivity contribution in [1.29, 1.82) is 0 Å². The van der Waals surface area contributed by atoms with Crippen molar-refractivity contribution in [2.45, 2.75) is 58.3 Å². The second-order valence-corrected chi connectivity index (χ2v) is 7.43. The Morgan fingerprint density at radius 3 is 2.68 bits per heavy atom. The van der Waals surface area contributed by atoms with Crippen molar-refractivity contribution in [1.82, 2.24) is 20.2 Å². The molecular formula is C16H25ClN4O4. The fourth-order valence-corrected chi connectivity index (χ4v) is 2.82. The number of piperidine rings is 1. The number of nitrogens with zero attached hydrogens (tertiary/aromatic N) is 2. The molecule has 1 fully saturated rings. The van der Waals surface area contributed by atoms with E-state index in [0.29, 0.717) is 25.1 Å². The summed E-state index contributed by atoms with van der Waals surface area (Å²) in [6.45, 7) is 7.74. The van der Waals surface area contributed by atoms with Crippen LogP contribution in [0.25, 0.3) is 0 Å². The predicted molar refractivity (Wildman–Crippen MR) is 92.7 cm³/mol. The first-order valence-corrected chi connectivity index (χ1v) is 8.69. The molecule has 0 bridgehead atoms. The van der Waals surface area contributed by atoms with E-state index in [2.05, 4.69) is 15.3 Å². The van der Waals surface area contributed by atoms with E-state index < -0.39 is 29.7 Å². The summed E-state index contributed by atoms with van der Waals surface area (Å²) in [6.07, 6.45) is -0.305. The first-order valence-electron chi connectivity index (χ1n) is 8.32. The van der Waals surface area contributed by atoms with E-state index in [4.69, 9.17) is 16.3 Å². The lowest BCUT2D eigenvalue weighted by molar-refractivity contribution is -0.00413. The van der Waals surface area contributed by atoms with Crippen molar-refractivity contribution in [3.05, 3.63) is 16.7 Å². The van der Waals surface area contributed by atoms with Gasteiger partial charge in [-0.05, 0) is 33.6 Å². The van der Waals surface area contributed by atoms with Gasteiger partial charge in [-0.25, -0.2) is 9.78 Å². The van der Waals surface area contributed by atoms with Crippen LogP contribution in [0.5, 0.6) is 0 Å². The summed E-state index contributed by atoms with van der Waals surface area (Å²) in [5.41, 5.74) is 0.0925. The lowest BCUT2D eigenvalue weighted by Gasteiger charge is -2.36. The molecule has 3 N–H and O–H groups in total. The Morgan fingerprint density at radius 2 is 2.16 bits per heavy atom. The van der Waals surface area contributed by atoms with E-state index in [-0.39, 0.29) is 17.5 Å². The van der Waals surface area contributed by atoms with Gasteiger partial charge in [0.05, 0.1) is 24.4 Å². The van der Waals surface area contributed by atoms with Gasteiger partial charge in [0.1, 0.15) is 5.60 Å². The van der Waals surface area contributed by atoms with Gasteiger partial charge < -0.3 is 25.0 Å². The van der Waals surface area contributed by atoms with Gasteiger partial charge in [0, 0.05) is 6.54 Å². The molecule has 0 saturated carbocycles. The van der Waals surface area contributed by atoms with Crippen LogP contribution in [0, 0.1) is 0 Å². The normalized spacial score (nSPS) is 21.1. The molecule has 2 amide bonds. The summed E-state index contributed by atoms with van der Waals surface area (Å²) in [5.74, 6) is -0.319. The molecule has 2 rings (SSSR count). The number of likely N-dealkylation sites (tertiary alicyclic amines) is 1. The van der Waals surface area contributed by atoms with E-state index in [1.165, 1.54) is 4.90 Å². The fraction of sp³-hybridized carbons (Fsp3) is 0.688. The monoisotopic (exact) mass is 372 g/mol. The zero-order valence-electron chi connectivity index (χ0n) is 14.9. The molecule has 1 aromatic heterocycles. The summed E-state index contributed by atoms with van der Waals surface area (Å²) in [4.78, 5) is 32.6. The number of carbonyl (C=O) groups is 2. The number of hydrogen-bond donors (Lipinski definition) is 3. The molecular weight excluding hydrogens is 348 g/mol. The molecule has 140 valence electrons. The zero-order chi connectivity index (χ0) is 18.8. The van der Waals surface area contributed by atoms with E-state index in [1.54, 1.807) is 20.8 Å². The summed E-state index contributed by atoms with van der Waals surface area (Å²) in [7, 11) is 0. The van der Waals surface area contributed by atoms with Gasteiger partial charge in [-0.3, -0.25) is 4.79 Å². The number of ether oxygens (including phenoxy) is 1. The molecule has 2 atom stereocenters. The molecule has 8 nitrogen and oxygen atoms in total. The number of carbonyl (C=O) groups excluding carboxylic acids is 2. The van der Waals surface area contributed by atoms with Crippen LogP contribution in [0.2, 0.25) is 5.15 Å². The van der Waals surface area contributed by atoms with E-state index in [9.17, 15) is 14.7 Å². The van der Waals surface area contributed by atoms with Crippen LogP contribution in [0.4, 0.5) is 4.79 Å². The summed E-state index contributed by atoms with van der Waals surface area (Å²) in [6, 6.07) is -0.472. The molecule has 1 saturated heterocycles. The number of β-amino-alcohol motifs (C(OH)–C–C–N with tert-alkyl or cyclic N) is 1. The fourth-order valence-electron chi connectivity index (χ4n) is 2.56. The van der Waals surface area contributed by atoms with Crippen molar-refractivity contribution in [3.8, 4) is 0 Å². The maximum Gasteiger partial charge on any atom is 0.410 e. The Bertz CT molecular complexity index is 641. The summed E-state index contributed by atoms with van der Waals surface area (Å²) < 4.78 is 5.30. The van der Waals surface area contributed by atoms with Gasteiger partial charge >= 0.3 is 6.09 Å². The average molecular weight is 373 g/mol. The SMILES string of the molecule is CCc1[nH]c(C(=O)NC2CCN(C(=O)OC(C)(C)C)CC2O)nc1Cl. The topological polar surface area (TPSA) is 108 Å². The number of nitrogens with one attached hydrogen (secondary N) is 2. The number of amides is 2. The van der Waals surface area contributed by atoms with Crippen LogP contribution < -0.4 is 5.32 Å². The van der Waals surface area contributed by atoms with Gasteiger partial charge in [-0.15, -0.1) is 0 Å². The van der Waals surface area contributed by atoms with Crippen molar-refractivity contribution >= 4 is 23.6 Å². The number of aliphatic hydroxyl groups is 1. The maximum absolute atomic E-state index is 12.3. The van der Waals surface area contributed by atoms with Crippen molar-refractivity contribution in [2.75, 3.05) is 13.1 Å². The number of aryl methyl sites for hydroxylation is 1. The lowest BCUT2D eigenvalue weighted by Crippen LogP contribution is -2.56. The predicted octanol–water partition coefficient (Wildman–Crippen LogP) is 1.73. The highest BCUT2D eigenvalue weighted by atomic mass is 35.5. The number of aromatic nitrogens is 2. The van der Waals surface area contributed by atoms with E-state index in [1.807, 2.05) is 6.92 Å². The number of aliphatic hydroxyl groups excluding tert-OH is 1. The van der Waals surface area contributed by atoms with Gasteiger partial charge in [-0.2, -0.15) is 0 Å². The molecule has 0 aromatic carbocycles. The molecule has 25 heavy (non-hydrogen) atoms. The molecule has 9 heteroatoms. The van der Waals surface area contributed by atoms with Gasteiger partial charge in [0.25, 0.3) is 5.91 Å². The van der Waals surface area contributed by atoms with Crippen LogP contribution >= 0.6 is 11.6 Å². The van der Waals surface area contributed by atoms with E-state index in [0.717, 1.165) is 0 Å². The summed E-state index contributed by atoms with van der Waals surface area (Å²) in [5, 5.41) is 13.3. The lowest BCUT2D eigenvalue weighted by atomic mass is 10.0. The first kappa shape index (κ1) is 19.5. The average Bonchev–Trinajstić information content (AvgIpc) is 2.88. The van der Waals surface area contributed by atoms with Crippen LogP contribution in [-0.2, 0) is 11.2 Å². The molecule has 1 aromatic rings. The van der Waals surface area contributed by atoms with Crippen LogP contribution in [-0.4, -0.2) is 62.8 Å². The van der Waals surface area contributed by atoms with Crippen molar-refractivity contribution in [3.63, 3.8) is 0 Å². The third kappa shape index (κ3) is 5.09. The molecule has 1 aliphatic rings. The number of H-pyrrole nitrogens is 1. The van der Waals surface area contributed by atoms with Crippen LogP contribution in [0.1, 0.15) is 50.4 Å². The highest BCUT2D eigenvalue weighted by Gasteiger charge is 2.33. The minimum atomic E-state index is -0.888. The number of rotatable bonds is 3.